The fraction of sp³-hybridized carbons (Fsp3) is 0.250. The van der Waals surface area contributed by atoms with Gasteiger partial charge in [0.15, 0.2) is 13.2 Å². The van der Waals surface area contributed by atoms with E-state index in [-0.39, 0.29) is 13.2 Å². The predicted molar refractivity (Wildman–Crippen MR) is 98.7 cm³/mol. The molecule has 27 heavy (non-hydrogen) atoms. The monoisotopic (exact) mass is 371 g/mol. The van der Waals surface area contributed by atoms with Crippen LogP contribution in [0.15, 0.2) is 48.5 Å². The fourth-order valence-electron chi connectivity index (χ4n) is 2.07. The van der Waals surface area contributed by atoms with E-state index in [1.54, 1.807) is 31.2 Å². The summed E-state index contributed by atoms with van der Waals surface area (Å²) in [6.45, 7) is 3.23. The zero-order chi connectivity index (χ0) is 19.6. The summed E-state index contributed by atoms with van der Waals surface area (Å²) in [5.41, 5.74) is 1.94. The number of nitrogens with one attached hydrogen (secondary N) is 1. The minimum absolute atomic E-state index is 0.287. The molecular formula is C20H21NO6. The third kappa shape index (κ3) is 6.81. The number of carbonyl (C=O) groups excluding carboxylic acids is 3. The summed E-state index contributed by atoms with van der Waals surface area (Å²) in [5.74, 6) is -1.03. The lowest BCUT2D eigenvalue weighted by Crippen LogP contribution is -2.23. The highest BCUT2D eigenvalue weighted by Gasteiger charge is 2.10. The van der Waals surface area contributed by atoms with Crippen LogP contribution in [0.4, 0.5) is 5.69 Å². The molecule has 142 valence electrons. The summed E-state index contributed by atoms with van der Waals surface area (Å²) in [6, 6.07) is 13.4. The third-order valence-corrected chi connectivity index (χ3v) is 3.42. The SMILES string of the molecule is CCOC(=O)c1ccc(NC(=O)COC(=O)COc2ccc(C)cc2)cc1. The van der Waals surface area contributed by atoms with Gasteiger partial charge in [0.25, 0.3) is 5.91 Å². The molecule has 1 N–H and O–H groups in total. The lowest BCUT2D eigenvalue weighted by atomic mass is 10.2. The smallest absolute Gasteiger partial charge is 0.344 e. The molecule has 0 heterocycles. The maximum Gasteiger partial charge on any atom is 0.344 e. The predicted octanol–water partition coefficient (Wildman–Crippen LogP) is 2.73. The largest absolute Gasteiger partial charge is 0.482 e. The van der Waals surface area contributed by atoms with Crippen LogP contribution in [-0.4, -0.2) is 37.7 Å². The molecule has 2 rings (SSSR count). The first kappa shape index (κ1) is 20.0. The van der Waals surface area contributed by atoms with Crippen molar-refractivity contribution in [2.75, 3.05) is 25.1 Å². The Morgan fingerprint density at radius 3 is 2.19 bits per heavy atom. The van der Waals surface area contributed by atoms with Gasteiger partial charge in [-0.2, -0.15) is 0 Å². The van der Waals surface area contributed by atoms with Gasteiger partial charge in [-0.15, -0.1) is 0 Å². The molecule has 0 aliphatic heterocycles. The van der Waals surface area contributed by atoms with E-state index in [4.69, 9.17) is 14.2 Å². The average molecular weight is 371 g/mol. The molecule has 0 unspecified atom stereocenters. The molecule has 2 aromatic rings. The first-order valence-electron chi connectivity index (χ1n) is 8.40. The van der Waals surface area contributed by atoms with Crippen molar-refractivity contribution in [3.63, 3.8) is 0 Å². The van der Waals surface area contributed by atoms with Crippen molar-refractivity contribution in [2.24, 2.45) is 0 Å². The highest BCUT2D eigenvalue weighted by Crippen LogP contribution is 2.12. The topological polar surface area (TPSA) is 90.9 Å². The number of hydrogen-bond acceptors (Lipinski definition) is 6. The summed E-state index contributed by atoms with van der Waals surface area (Å²) >= 11 is 0. The van der Waals surface area contributed by atoms with E-state index < -0.39 is 24.5 Å². The normalized spacial score (nSPS) is 10.0. The molecule has 0 aliphatic carbocycles. The molecule has 0 fully saturated rings. The van der Waals surface area contributed by atoms with Gasteiger partial charge in [0.2, 0.25) is 0 Å². The van der Waals surface area contributed by atoms with Crippen LogP contribution >= 0.6 is 0 Å². The zero-order valence-electron chi connectivity index (χ0n) is 15.2. The number of hydrogen-bond donors (Lipinski definition) is 1. The average Bonchev–Trinajstić information content (AvgIpc) is 2.66. The summed E-state index contributed by atoms with van der Waals surface area (Å²) in [5, 5.41) is 2.57. The Hall–Kier alpha value is -3.35. The number of carbonyl (C=O) groups is 3. The first-order valence-corrected chi connectivity index (χ1v) is 8.40. The molecule has 7 heteroatoms. The van der Waals surface area contributed by atoms with Crippen LogP contribution < -0.4 is 10.1 Å². The van der Waals surface area contributed by atoms with E-state index >= 15 is 0 Å². The van der Waals surface area contributed by atoms with E-state index in [1.807, 2.05) is 19.1 Å². The second-order valence-corrected chi connectivity index (χ2v) is 5.61. The number of benzene rings is 2. The molecule has 0 saturated carbocycles. The highest BCUT2D eigenvalue weighted by atomic mass is 16.6. The van der Waals surface area contributed by atoms with Crippen molar-refractivity contribution in [1.82, 2.24) is 0 Å². The molecule has 2 aromatic carbocycles. The van der Waals surface area contributed by atoms with E-state index in [2.05, 4.69) is 5.32 Å². The van der Waals surface area contributed by atoms with Crippen LogP contribution in [-0.2, 0) is 19.1 Å². The van der Waals surface area contributed by atoms with Crippen LogP contribution in [0.2, 0.25) is 0 Å². The number of rotatable bonds is 8. The van der Waals surface area contributed by atoms with E-state index in [0.29, 0.717) is 17.0 Å². The van der Waals surface area contributed by atoms with Crippen molar-refractivity contribution >= 4 is 23.5 Å². The molecule has 0 bridgehead atoms. The summed E-state index contributed by atoms with van der Waals surface area (Å²) < 4.78 is 15.0. The maximum absolute atomic E-state index is 11.8. The van der Waals surface area contributed by atoms with E-state index in [1.165, 1.54) is 12.1 Å². The second-order valence-electron chi connectivity index (χ2n) is 5.61. The van der Waals surface area contributed by atoms with E-state index in [0.717, 1.165) is 5.56 Å². The molecule has 7 nitrogen and oxygen atoms in total. The van der Waals surface area contributed by atoms with Gasteiger partial charge >= 0.3 is 11.9 Å². The summed E-state index contributed by atoms with van der Waals surface area (Å²) in [7, 11) is 0. The number of ether oxygens (including phenoxy) is 3. The lowest BCUT2D eigenvalue weighted by Gasteiger charge is -2.08. The Bertz CT molecular complexity index is 783. The summed E-state index contributed by atoms with van der Waals surface area (Å²) in [6.07, 6.45) is 0. The molecule has 1 amide bonds. The third-order valence-electron chi connectivity index (χ3n) is 3.42. The van der Waals surface area contributed by atoms with Crippen LogP contribution in [0.3, 0.4) is 0 Å². The fourth-order valence-corrected chi connectivity index (χ4v) is 2.07. The molecule has 0 radical (unpaired) electrons. The Kier molecular flexibility index (Phi) is 7.37. The highest BCUT2D eigenvalue weighted by molar-refractivity contribution is 5.94. The summed E-state index contributed by atoms with van der Waals surface area (Å²) in [4.78, 5) is 35.0. The van der Waals surface area contributed by atoms with Crippen molar-refractivity contribution < 1.29 is 28.6 Å². The second kappa shape index (κ2) is 9.96. The standard InChI is InChI=1S/C20H21NO6/c1-3-25-20(24)15-6-8-16(9-7-15)21-18(22)12-27-19(23)13-26-17-10-4-14(2)5-11-17/h4-11H,3,12-13H2,1-2H3,(H,21,22). The van der Waals surface area contributed by atoms with Crippen molar-refractivity contribution in [3.8, 4) is 5.75 Å². The van der Waals surface area contributed by atoms with Gasteiger partial charge in [-0.1, -0.05) is 17.7 Å². The van der Waals surface area contributed by atoms with Crippen LogP contribution in [0, 0.1) is 6.92 Å². The minimum atomic E-state index is -0.650. The quantitative estimate of drug-likeness (QED) is 0.718. The Balaban J connectivity index is 1.72. The Morgan fingerprint density at radius 1 is 0.889 bits per heavy atom. The molecule has 0 aromatic heterocycles. The number of esters is 2. The molecule has 0 saturated heterocycles. The van der Waals surface area contributed by atoms with E-state index in [9.17, 15) is 14.4 Å². The van der Waals surface area contributed by atoms with Gasteiger partial charge in [-0.05, 0) is 50.2 Å². The number of aryl methyl sites for hydroxylation is 1. The van der Waals surface area contributed by atoms with Crippen LogP contribution in [0.1, 0.15) is 22.8 Å². The minimum Gasteiger partial charge on any atom is -0.482 e. The Morgan fingerprint density at radius 2 is 1.56 bits per heavy atom. The molecular weight excluding hydrogens is 350 g/mol. The van der Waals surface area contributed by atoms with Crippen molar-refractivity contribution in [2.45, 2.75) is 13.8 Å². The first-order chi connectivity index (χ1) is 13.0. The van der Waals surface area contributed by atoms with Crippen LogP contribution in [0.25, 0.3) is 0 Å². The Labute approximate surface area is 157 Å². The van der Waals surface area contributed by atoms with Gasteiger partial charge in [0.05, 0.1) is 12.2 Å². The molecule has 0 aliphatic rings. The molecule has 0 spiro atoms. The van der Waals surface area contributed by atoms with Gasteiger partial charge in [-0.3, -0.25) is 4.79 Å². The maximum atomic E-state index is 11.8. The van der Waals surface area contributed by atoms with Crippen molar-refractivity contribution in [3.05, 3.63) is 59.7 Å². The number of anilines is 1. The van der Waals surface area contributed by atoms with Crippen LogP contribution in [0.5, 0.6) is 5.75 Å². The van der Waals surface area contributed by atoms with Crippen molar-refractivity contribution in [1.29, 1.82) is 0 Å². The lowest BCUT2D eigenvalue weighted by molar-refractivity contribution is -0.149. The number of amides is 1. The van der Waals surface area contributed by atoms with Gasteiger partial charge in [0, 0.05) is 5.69 Å². The zero-order valence-corrected chi connectivity index (χ0v) is 15.2. The van der Waals surface area contributed by atoms with Gasteiger partial charge in [0.1, 0.15) is 5.75 Å². The molecule has 0 atom stereocenters. The van der Waals surface area contributed by atoms with Gasteiger partial charge < -0.3 is 19.5 Å². The van der Waals surface area contributed by atoms with Gasteiger partial charge in [-0.25, -0.2) is 9.59 Å².